The summed E-state index contributed by atoms with van der Waals surface area (Å²) in [6, 6.07) is 18.6. The van der Waals surface area contributed by atoms with Gasteiger partial charge in [-0.3, -0.25) is 4.68 Å². The van der Waals surface area contributed by atoms with E-state index < -0.39 is 0 Å². The number of nitrogens with zero attached hydrogens (tertiary/aromatic N) is 2. The Morgan fingerprint density at radius 1 is 1.04 bits per heavy atom. The Hall–Kier alpha value is -2.66. The zero-order valence-corrected chi connectivity index (χ0v) is 14.4. The van der Waals surface area contributed by atoms with E-state index in [1.165, 1.54) is 16.7 Å². The molecule has 0 bridgehead atoms. The molecule has 0 aliphatic carbocycles. The Morgan fingerprint density at radius 2 is 1.79 bits per heavy atom. The van der Waals surface area contributed by atoms with E-state index in [0.717, 1.165) is 12.2 Å². The predicted octanol–water partition coefficient (Wildman–Crippen LogP) is 3.73. The molecule has 1 aromatic heterocycles. The van der Waals surface area contributed by atoms with Gasteiger partial charge in [0.15, 0.2) is 5.11 Å². The first-order chi connectivity index (χ1) is 11.7. The summed E-state index contributed by atoms with van der Waals surface area (Å²) < 4.78 is 1.89. The molecule has 0 saturated heterocycles. The maximum atomic E-state index is 5.34. The fourth-order valence-corrected chi connectivity index (χ4v) is 2.54. The molecular formula is C19H20N4S. The molecule has 0 fully saturated rings. The lowest BCUT2D eigenvalue weighted by molar-refractivity contribution is 0.687. The molecule has 5 heteroatoms. The van der Waals surface area contributed by atoms with Crippen LogP contribution < -0.4 is 10.6 Å². The van der Waals surface area contributed by atoms with Gasteiger partial charge in [-0.05, 0) is 30.3 Å². The highest BCUT2D eigenvalue weighted by molar-refractivity contribution is 7.80. The highest BCUT2D eigenvalue weighted by Gasteiger charge is 2.02. The summed E-state index contributed by atoms with van der Waals surface area (Å²) in [5.74, 6) is 0. The van der Waals surface area contributed by atoms with E-state index in [2.05, 4.69) is 59.1 Å². The van der Waals surface area contributed by atoms with Gasteiger partial charge in [0, 0.05) is 12.7 Å². The second kappa shape index (κ2) is 7.75. The minimum Gasteiger partial charge on any atom is -0.358 e. The van der Waals surface area contributed by atoms with Crippen molar-refractivity contribution in [2.24, 2.45) is 0 Å². The van der Waals surface area contributed by atoms with Gasteiger partial charge < -0.3 is 10.6 Å². The van der Waals surface area contributed by atoms with Gasteiger partial charge in [0.2, 0.25) is 0 Å². The lowest BCUT2D eigenvalue weighted by atomic mass is 10.1. The maximum absolute atomic E-state index is 5.34. The molecule has 0 radical (unpaired) electrons. The molecule has 1 heterocycles. The molecule has 0 aliphatic heterocycles. The fraction of sp³-hybridized carbons (Fsp3) is 0.158. The van der Waals surface area contributed by atoms with Crippen LogP contribution >= 0.6 is 12.2 Å². The number of aromatic nitrogens is 2. The van der Waals surface area contributed by atoms with Crippen molar-refractivity contribution in [3.8, 4) is 0 Å². The zero-order valence-electron chi connectivity index (χ0n) is 13.6. The second-order valence-corrected chi connectivity index (χ2v) is 6.11. The fourth-order valence-electron chi connectivity index (χ4n) is 2.35. The van der Waals surface area contributed by atoms with Gasteiger partial charge >= 0.3 is 0 Å². The molecule has 0 amide bonds. The molecule has 2 N–H and O–H groups in total. The van der Waals surface area contributed by atoms with Crippen molar-refractivity contribution in [1.29, 1.82) is 0 Å². The first-order valence-electron chi connectivity index (χ1n) is 7.86. The van der Waals surface area contributed by atoms with Crippen molar-refractivity contribution < 1.29 is 0 Å². The number of thiocarbonyl (C=S) groups is 1. The summed E-state index contributed by atoms with van der Waals surface area (Å²) in [5, 5.41) is 11.3. The largest absolute Gasteiger partial charge is 0.358 e. The molecule has 0 spiro atoms. The van der Waals surface area contributed by atoms with Crippen LogP contribution in [0.3, 0.4) is 0 Å². The average Bonchev–Trinajstić information content (AvgIpc) is 3.02. The summed E-state index contributed by atoms with van der Waals surface area (Å²) in [6.45, 7) is 3.52. The van der Waals surface area contributed by atoms with Crippen LogP contribution in [0.2, 0.25) is 0 Å². The van der Waals surface area contributed by atoms with Gasteiger partial charge in [0.05, 0.1) is 18.4 Å². The summed E-state index contributed by atoms with van der Waals surface area (Å²) in [7, 11) is 0. The quantitative estimate of drug-likeness (QED) is 0.697. The Labute approximate surface area is 147 Å². The van der Waals surface area contributed by atoms with E-state index >= 15 is 0 Å². The first kappa shape index (κ1) is 16.2. The van der Waals surface area contributed by atoms with Crippen molar-refractivity contribution in [2.75, 3.05) is 5.32 Å². The van der Waals surface area contributed by atoms with E-state index in [1.54, 1.807) is 6.20 Å². The summed E-state index contributed by atoms with van der Waals surface area (Å²) in [6.07, 6.45) is 3.73. The van der Waals surface area contributed by atoms with Crippen LogP contribution in [0.4, 0.5) is 5.69 Å². The van der Waals surface area contributed by atoms with Gasteiger partial charge in [-0.2, -0.15) is 5.10 Å². The molecule has 3 aromatic rings. The van der Waals surface area contributed by atoms with Crippen LogP contribution in [0.15, 0.2) is 67.0 Å². The predicted molar refractivity (Wildman–Crippen MR) is 102 cm³/mol. The molecule has 24 heavy (non-hydrogen) atoms. The minimum atomic E-state index is 0.592. The van der Waals surface area contributed by atoms with Crippen molar-refractivity contribution in [3.05, 3.63) is 83.7 Å². The number of benzene rings is 2. The first-order valence-corrected chi connectivity index (χ1v) is 8.27. The van der Waals surface area contributed by atoms with Gasteiger partial charge in [-0.1, -0.05) is 60.2 Å². The van der Waals surface area contributed by atoms with Crippen molar-refractivity contribution >= 4 is 23.0 Å². The maximum Gasteiger partial charge on any atom is 0.171 e. The molecule has 0 unspecified atom stereocenters. The summed E-state index contributed by atoms with van der Waals surface area (Å²) >= 11 is 5.34. The lowest BCUT2D eigenvalue weighted by Crippen LogP contribution is -2.27. The van der Waals surface area contributed by atoms with E-state index in [1.807, 2.05) is 29.1 Å². The number of rotatable bonds is 5. The lowest BCUT2D eigenvalue weighted by Gasteiger charge is -2.09. The van der Waals surface area contributed by atoms with Crippen LogP contribution in [0, 0.1) is 6.92 Å². The van der Waals surface area contributed by atoms with Gasteiger partial charge in [0.1, 0.15) is 0 Å². The Balaban J connectivity index is 1.50. The summed E-state index contributed by atoms with van der Waals surface area (Å²) in [5.41, 5.74) is 4.55. The molecule has 4 nitrogen and oxygen atoms in total. The standard InChI is InChI=1S/C19H20N4S/c1-15-7-9-16(10-8-15)11-20-19(24)22-18-12-21-23(14-18)13-17-5-3-2-4-6-17/h2-10,12,14H,11,13H2,1H3,(H2,20,22,24). The molecular weight excluding hydrogens is 316 g/mol. The SMILES string of the molecule is Cc1ccc(CNC(=S)Nc2cnn(Cc3ccccc3)c2)cc1. The van der Waals surface area contributed by atoms with Gasteiger partial charge in [0.25, 0.3) is 0 Å². The van der Waals surface area contributed by atoms with E-state index in [9.17, 15) is 0 Å². The zero-order chi connectivity index (χ0) is 16.8. The second-order valence-electron chi connectivity index (χ2n) is 5.71. The van der Waals surface area contributed by atoms with Crippen LogP contribution in [0.25, 0.3) is 0 Å². The minimum absolute atomic E-state index is 0.592. The van der Waals surface area contributed by atoms with Crippen LogP contribution in [-0.2, 0) is 13.1 Å². The third kappa shape index (κ3) is 4.67. The smallest absolute Gasteiger partial charge is 0.171 e. The van der Waals surface area contributed by atoms with Crippen molar-refractivity contribution in [3.63, 3.8) is 0 Å². The average molecular weight is 336 g/mol. The Kier molecular flexibility index (Phi) is 5.23. The number of nitrogens with one attached hydrogen (secondary N) is 2. The van der Waals surface area contributed by atoms with E-state index in [4.69, 9.17) is 12.2 Å². The topological polar surface area (TPSA) is 41.9 Å². The highest BCUT2D eigenvalue weighted by atomic mass is 32.1. The molecule has 122 valence electrons. The third-order valence-corrected chi connectivity index (χ3v) is 3.90. The van der Waals surface area contributed by atoms with Crippen molar-refractivity contribution in [1.82, 2.24) is 15.1 Å². The monoisotopic (exact) mass is 336 g/mol. The van der Waals surface area contributed by atoms with Gasteiger partial charge in [-0.25, -0.2) is 0 Å². The normalized spacial score (nSPS) is 10.4. The molecule has 2 aromatic carbocycles. The molecule has 0 aliphatic rings. The number of aryl methyl sites for hydroxylation is 1. The molecule has 0 atom stereocenters. The Morgan fingerprint density at radius 3 is 2.54 bits per heavy atom. The number of anilines is 1. The number of hydrogen-bond donors (Lipinski definition) is 2. The van der Waals surface area contributed by atoms with Gasteiger partial charge in [-0.15, -0.1) is 0 Å². The van der Waals surface area contributed by atoms with Crippen molar-refractivity contribution in [2.45, 2.75) is 20.0 Å². The van der Waals surface area contributed by atoms with E-state index in [-0.39, 0.29) is 0 Å². The van der Waals surface area contributed by atoms with Crippen LogP contribution in [0.1, 0.15) is 16.7 Å². The Bertz CT molecular complexity index is 794. The number of hydrogen-bond acceptors (Lipinski definition) is 2. The van der Waals surface area contributed by atoms with E-state index in [0.29, 0.717) is 11.7 Å². The third-order valence-electron chi connectivity index (χ3n) is 3.65. The van der Waals surface area contributed by atoms with Crippen LogP contribution in [0.5, 0.6) is 0 Å². The summed E-state index contributed by atoms with van der Waals surface area (Å²) in [4.78, 5) is 0. The van der Waals surface area contributed by atoms with Crippen LogP contribution in [-0.4, -0.2) is 14.9 Å². The highest BCUT2D eigenvalue weighted by Crippen LogP contribution is 2.08. The molecule has 3 rings (SSSR count). The molecule has 0 saturated carbocycles.